The molecule has 1 heterocycles. The van der Waals surface area contributed by atoms with Crippen molar-refractivity contribution in [1.82, 2.24) is 15.1 Å². The molecule has 0 radical (unpaired) electrons. The zero-order valence-electron chi connectivity index (χ0n) is 12.4. The maximum absolute atomic E-state index is 6.40. The maximum Gasteiger partial charge on any atom is 0.0863 e. The molecule has 1 aromatic rings. The molecule has 2 unspecified atom stereocenters. The largest absolute Gasteiger partial charge is 0.311 e. The molecule has 1 aliphatic carbocycles. The molecule has 2 rings (SSSR count). The molecule has 0 amide bonds. The lowest BCUT2D eigenvalue weighted by Crippen LogP contribution is -2.22. The second kappa shape index (κ2) is 6.76. The highest BCUT2D eigenvalue weighted by Gasteiger charge is 2.21. The number of nitrogens with zero attached hydrogens (tertiary/aromatic N) is 2. The molecule has 0 aliphatic heterocycles. The molecule has 108 valence electrons. The highest BCUT2D eigenvalue weighted by Crippen LogP contribution is 2.29. The first-order valence-electron chi connectivity index (χ1n) is 7.60. The van der Waals surface area contributed by atoms with Gasteiger partial charge in [0.2, 0.25) is 0 Å². The summed E-state index contributed by atoms with van der Waals surface area (Å²) in [5, 5.41) is 8.98. The fourth-order valence-electron chi connectivity index (χ4n) is 3.09. The van der Waals surface area contributed by atoms with Crippen LogP contribution >= 0.6 is 11.6 Å². The van der Waals surface area contributed by atoms with E-state index in [9.17, 15) is 0 Å². The van der Waals surface area contributed by atoms with E-state index < -0.39 is 0 Å². The third kappa shape index (κ3) is 3.51. The highest BCUT2D eigenvalue weighted by atomic mass is 35.5. The van der Waals surface area contributed by atoms with E-state index in [0.29, 0.717) is 0 Å². The van der Waals surface area contributed by atoms with E-state index in [-0.39, 0.29) is 0 Å². The van der Waals surface area contributed by atoms with Crippen LogP contribution < -0.4 is 5.32 Å². The molecule has 1 aromatic heterocycles. The molecular formula is C15H26ClN3. The van der Waals surface area contributed by atoms with Gasteiger partial charge in [-0.1, -0.05) is 31.9 Å². The van der Waals surface area contributed by atoms with Gasteiger partial charge in [0.05, 0.1) is 16.4 Å². The quantitative estimate of drug-likeness (QED) is 0.864. The molecule has 0 spiro atoms. The summed E-state index contributed by atoms with van der Waals surface area (Å²) in [5.74, 6) is 1.75. The first-order valence-corrected chi connectivity index (χ1v) is 7.98. The van der Waals surface area contributed by atoms with Gasteiger partial charge in [-0.2, -0.15) is 5.10 Å². The van der Waals surface area contributed by atoms with Crippen LogP contribution in [0, 0.1) is 11.8 Å². The van der Waals surface area contributed by atoms with Crippen molar-refractivity contribution in [2.75, 3.05) is 6.54 Å². The molecule has 0 saturated heterocycles. The minimum Gasteiger partial charge on any atom is -0.311 e. The normalized spacial score (nSPS) is 23.2. The number of aryl methyl sites for hydroxylation is 2. The first kappa shape index (κ1) is 14.9. The summed E-state index contributed by atoms with van der Waals surface area (Å²) in [6.07, 6.45) is 5.03. The Hall–Kier alpha value is -0.540. The summed E-state index contributed by atoms with van der Waals surface area (Å²) in [6.45, 7) is 9.41. The molecule has 1 saturated carbocycles. The van der Waals surface area contributed by atoms with E-state index in [0.717, 1.165) is 54.3 Å². The fraction of sp³-hybridized carbons (Fsp3) is 0.800. The summed E-state index contributed by atoms with van der Waals surface area (Å²) in [6, 6.07) is 0. The van der Waals surface area contributed by atoms with Crippen LogP contribution in [0.4, 0.5) is 0 Å². The molecule has 2 atom stereocenters. The number of hydrogen-bond acceptors (Lipinski definition) is 2. The SMILES string of the molecule is CCc1nn(CC)c(CNCC2CCC(C)C2)c1Cl. The van der Waals surface area contributed by atoms with Crippen LogP contribution in [0.2, 0.25) is 5.02 Å². The second-order valence-electron chi connectivity index (χ2n) is 5.79. The molecule has 0 bridgehead atoms. The summed E-state index contributed by atoms with van der Waals surface area (Å²) >= 11 is 6.40. The standard InChI is InChI=1S/C15H26ClN3/c1-4-13-15(16)14(19(5-2)18-13)10-17-9-12-7-6-11(3)8-12/h11-12,17H,4-10H2,1-3H3. The number of halogens is 1. The van der Waals surface area contributed by atoms with Crippen LogP contribution in [0.25, 0.3) is 0 Å². The monoisotopic (exact) mass is 283 g/mol. The van der Waals surface area contributed by atoms with Gasteiger partial charge in [0.15, 0.2) is 0 Å². The number of hydrogen-bond donors (Lipinski definition) is 1. The maximum atomic E-state index is 6.40. The molecule has 4 heteroatoms. The number of rotatable bonds is 6. The van der Waals surface area contributed by atoms with Gasteiger partial charge in [-0.15, -0.1) is 0 Å². The fourth-order valence-corrected chi connectivity index (χ4v) is 3.43. The van der Waals surface area contributed by atoms with E-state index in [1.807, 2.05) is 4.68 Å². The van der Waals surface area contributed by atoms with E-state index in [4.69, 9.17) is 11.6 Å². The average Bonchev–Trinajstić information content (AvgIpc) is 2.94. The molecule has 19 heavy (non-hydrogen) atoms. The predicted octanol–water partition coefficient (Wildman–Crippen LogP) is 3.64. The summed E-state index contributed by atoms with van der Waals surface area (Å²) in [5.41, 5.74) is 2.17. The van der Waals surface area contributed by atoms with Gasteiger partial charge in [-0.25, -0.2) is 0 Å². The smallest absolute Gasteiger partial charge is 0.0863 e. The summed E-state index contributed by atoms with van der Waals surface area (Å²) in [4.78, 5) is 0. The van der Waals surface area contributed by atoms with Gasteiger partial charge >= 0.3 is 0 Å². The molecule has 1 aliphatic rings. The predicted molar refractivity (Wildman–Crippen MR) is 80.5 cm³/mol. The molecule has 0 aromatic carbocycles. The van der Waals surface area contributed by atoms with Gasteiger partial charge in [-0.05, 0) is 44.6 Å². The lowest BCUT2D eigenvalue weighted by Gasteiger charge is -2.12. The number of nitrogens with one attached hydrogen (secondary N) is 1. The van der Waals surface area contributed by atoms with Crippen LogP contribution in [0.3, 0.4) is 0 Å². The van der Waals surface area contributed by atoms with E-state index >= 15 is 0 Å². The molecule has 1 fully saturated rings. The third-order valence-corrected chi connectivity index (χ3v) is 4.66. The molecule has 1 N–H and O–H groups in total. The first-order chi connectivity index (χ1) is 9.15. The lowest BCUT2D eigenvalue weighted by molar-refractivity contribution is 0.462. The lowest BCUT2D eigenvalue weighted by atomic mass is 10.1. The van der Waals surface area contributed by atoms with Crippen molar-refractivity contribution >= 4 is 11.6 Å². The average molecular weight is 284 g/mol. The van der Waals surface area contributed by atoms with Crippen molar-refractivity contribution in [2.45, 2.75) is 59.5 Å². The molecular weight excluding hydrogens is 258 g/mol. The van der Waals surface area contributed by atoms with Crippen LogP contribution in [-0.4, -0.2) is 16.3 Å². The Morgan fingerprint density at radius 1 is 1.37 bits per heavy atom. The minimum atomic E-state index is 0.838. The van der Waals surface area contributed by atoms with Crippen LogP contribution in [-0.2, 0) is 19.5 Å². The van der Waals surface area contributed by atoms with E-state index in [1.165, 1.54) is 19.3 Å². The zero-order chi connectivity index (χ0) is 13.8. The van der Waals surface area contributed by atoms with Crippen molar-refractivity contribution in [3.8, 4) is 0 Å². The van der Waals surface area contributed by atoms with Crippen LogP contribution in [0.15, 0.2) is 0 Å². The van der Waals surface area contributed by atoms with Gasteiger partial charge in [-0.3, -0.25) is 4.68 Å². The van der Waals surface area contributed by atoms with Crippen molar-refractivity contribution < 1.29 is 0 Å². The van der Waals surface area contributed by atoms with Gasteiger partial charge in [0.1, 0.15) is 0 Å². The van der Waals surface area contributed by atoms with Crippen molar-refractivity contribution in [2.24, 2.45) is 11.8 Å². The van der Waals surface area contributed by atoms with E-state index in [1.54, 1.807) is 0 Å². The van der Waals surface area contributed by atoms with Gasteiger partial charge in [0, 0.05) is 13.1 Å². The Bertz CT molecular complexity index is 414. The Labute approximate surface area is 121 Å². The van der Waals surface area contributed by atoms with Gasteiger partial charge in [0.25, 0.3) is 0 Å². The third-order valence-electron chi connectivity index (χ3n) is 4.22. The topological polar surface area (TPSA) is 29.9 Å². The Morgan fingerprint density at radius 2 is 2.16 bits per heavy atom. The van der Waals surface area contributed by atoms with Crippen LogP contribution in [0.5, 0.6) is 0 Å². The van der Waals surface area contributed by atoms with Crippen molar-refractivity contribution in [1.29, 1.82) is 0 Å². The Morgan fingerprint density at radius 3 is 2.74 bits per heavy atom. The van der Waals surface area contributed by atoms with E-state index in [2.05, 4.69) is 31.2 Å². The molecule has 3 nitrogen and oxygen atoms in total. The van der Waals surface area contributed by atoms with Gasteiger partial charge < -0.3 is 5.32 Å². The van der Waals surface area contributed by atoms with Crippen LogP contribution in [0.1, 0.15) is 51.4 Å². The number of aromatic nitrogens is 2. The Kier molecular flexibility index (Phi) is 5.28. The highest BCUT2D eigenvalue weighted by molar-refractivity contribution is 6.31. The second-order valence-corrected chi connectivity index (χ2v) is 6.17. The van der Waals surface area contributed by atoms with Crippen molar-refractivity contribution in [3.63, 3.8) is 0 Å². The summed E-state index contributed by atoms with van der Waals surface area (Å²) < 4.78 is 2.03. The Balaban J connectivity index is 1.90. The zero-order valence-corrected chi connectivity index (χ0v) is 13.1. The minimum absolute atomic E-state index is 0.838. The summed E-state index contributed by atoms with van der Waals surface area (Å²) in [7, 11) is 0. The van der Waals surface area contributed by atoms with Crippen molar-refractivity contribution in [3.05, 3.63) is 16.4 Å².